The van der Waals surface area contributed by atoms with Gasteiger partial charge < -0.3 is 20.7 Å². The molecule has 0 fully saturated rings. The summed E-state index contributed by atoms with van der Waals surface area (Å²) in [6.07, 6.45) is 0.125. The lowest BCUT2D eigenvalue weighted by Crippen LogP contribution is -2.28. The number of carbonyl (C=O) groups excluding carboxylic acids is 3. The van der Waals surface area contributed by atoms with Crippen LogP contribution in [-0.4, -0.2) is 31.4 Å². The van der Waals surface area contributed by atoms with Gasteiger partial charge in [-0.2, -0.15) is 0 Å². The van der Waals surface area contributed by atoms with Gasteiger partial charge in [0.05, 0.1) is 18.4 Å². The normalized spacial score (nSPS) is 10.2. The van der Waals surface area contributed by atoms with Gasteiger partial charge >= 0.3 is 0 Å². The molecule has 0 heterocycles. The molecule has 0 aliphatic carbocycles. The number of nitrogens with one attached hydrogen (secondary N) is 3. The van der Waals surface area contributed by atoms with E-state index in [0.717, 1.165) is 11.3 Å². The van der Waals surface area contributed by atoms with Crippen LogP contribution in [0, 0.1) is 6.92 Å². The van der Waals surface area contributed by atoms with Crippen LogP contribution >= 0.6 is 0 Å². The fourth-order valence-electron chi connectivity index (χ4n) is 3.04. The molecule has 3 rings (SSSR count). The van der Waals surface area contributed by atoms with E-state index >= 15 is 0 Å². The van der Waals surface area contributed by atoms with Crippen molar-refractivity contribution in [2.45, 2.75) is 13.3 Å². The minimum absolute atomic E-state index is 0.125. The monoisotopic (exact) mass is 431 g/mol. The second kappa shape index (κ2) is 10.8. The first-order valence-electron chi connectivity index (χ1n) is 10.2. The second-order valence-corrected chi connectivity index (χ2v) is 7.10. The fraction of sp³-hybridized carbons (Fsp3) is 0.160. The summed E-state index contributed by atoms with van der Waals surface area (Å²) >= 11 is 0. The maximum atomic E-state index is 12.7. The minimum Gasteiger partial charge on any atom is -0.497 e. The number of carbonyl (C=O) groups is 3. The van der Waals surface area contributed by atoms with E-state index in [-0.39, 0.29) is 30.7 Å². The molecule has 0 saturated carbocycles. The van der Waals surface area contributed by atoms with Crippen LogP contribution in [0.5, 0.6) is 5.75 Å². The van der Waals surface area contributed by atoms with E-state index in [2.05, 4.69) is 16.0 Å². The van der Waals surface area contributed by atoms with E-state index < -0.39 is 0 Å². The average Bonchev–Trinajstić information content (AvgIpc) is 2.81. The highest BCUT2D eigenvalue weighted by atomic mass is 16.5. The minimum atomic E-state index is -0.376. The zero-order valence-corrected chi connectivity index (χ0v) is 18.0. The molecule has 164 valence electrons. The molecule has 7 nitrogen and oxygen atoms in total. The van der Waals surface area contributed by atoms with E-state index in [9.17, 15) is 14.4 Å². The molecule has 0 spiro atoms. The molecule has 32 heavy (non-hydrogen) atoms. The maximum Gasteiger partial charge on any atom is 0.255 e. The quantitative estimate of drug-likeness (QED) is 0.502. The van der Waals surface area contributed by atoms with Gasteiger partial charge in [0, 0.05) is 24.2 Å². The first-order valence-corrected chi connectivity index (χ1v) is 10.2. The molecule has 0 bridgehead atoms. The number of hydrogen-bond acceptors (Lipinski definition) is 4. The first kappa shape index (κ1) is 22.6. The number of benzene rings is 3. The first-order chi connectivity index (χ1) is 15.5. The van der Waals surface area contributed by atoms with Crippen LogP contribution in [0.4, 0.5) is 11.4 Å². The van der Waals surface area contributed by atoms with Crippen LogP contribution in [0.1, 0.15) is 32.7 Å². The van der Waals surface area contributed by atoms with Crippen molar-refractivity contribution in [1.29, 1.82) is 0 Å². The van der Waals surface area contributed by atoms with Gasteiger partial charge in [-0.1, -0.05) is 30.3 Å². The lowest BCUT2D eigenvalue weighted by Gasteiger charge is -2.12. The number of rotatable bonds is 8. The van der Waals surface area contributed by atoms with Crippen molar-refractivity contribution in [3.63, 3.8) is 0 Å². The Balaban J connectivity index is 1.57. The van der Waals surface area contributed by atoms with Crippen molar-refractivity contribution in [2.75, 3.05) is 24.3 Å². The maximum absolute atomic E-state index is 12.7. The third-order valence-electron chi connectivity index (χ3n) is 4.83. The molecule has 0 atom stereocenters. The summed E-state index contributed by atoms with van der Waals surface area (Å²) < 4.78 is 5.10. The third kappa shape index (κ3) is 5.95. The summed E-state index contributed by atoms with van der Waals surface area (Å²) in [7, 11) is 1.55. The SMILES string of the molecule is COc1ccc(C(=O)Nc2ccccc2C(=O)NCCC(=O)Nc2ccccc2C)cc1. The average molecular weight is 431 g/mol. The highest BCUT2D eigenvalue weighted by Gasteiger charge is 2.14. The number of methoxy groups -OCH3 is 1. The van der Waals surface area contributed by atoms with Gasteiger partial charge in [-0.05, 0) is 55.0 Å². The summed E-state index contributed by atoms with van der Waals surface area (Å²) in [5.74, 6) is -0.265. The lowest BCUT2D eigenvalue weighted by molar-refractivity contribution is -0.116. The van der Waals surface area contributed by atoms with E-state index in [1.807, 2.05) is 31.2 Å². The molecule has 3 amide bonds. The van der Waals surface area contributed by atoms with Crippen LogP contribution in [0.2, 0.25) is 0 Å². The van der Waals surface area contributed by atoms with E-state index in [1.165, 1.54) is 0 Å². The second-order valence-electron chi connectivity index (χ2n) is 7.10. The van der Waals surface area contributed by atoms with Gasteiger partial charge in [0.15, 0.2) is 0 Å². The molecule has 0 saturated heterocycles. The van der Waals surface area contributed by atoms with E-state index in [0.29, 0.717) is 22.6 Å². The molecule has 3 N–H and O–H groups in total. The standard InChI is InChI=1S/C25H25N3O4/c1-17-7-3-5-9-21(17)27-23(29)15-16-26-25(31)20-8-4-6-10-22(20)28-24(30)18-11-13-19(32-2)14-12-18/h3-14H,15-16H2,1-2H3,(H,26,31)(H,27,29)(H,28,30). The van der Waals surface area contributed by atoms with E-state index in [1.54, 1.807) is 55.6 Å². The van der Waals surface area contributed by atoms with Gasteiger partial charge in [0.1, 0.15) is 5.75 Å². The van der Waals surface area contributed by atoms with Gasteiger partial charge in [-0.25, -0.2) is 0 Å². The topological polar surface area (TPSA) is 96.5 Å². The summed E-state index contributed by atoms with van der Waals surface area (Å²) in [6.45, 7) is 2.08. The molecule has 7 heteroatoms. The summed E-state index contributed by atoms with van der Waals surface area (Å²) in [4.78, 5) is 37.4. The summed E-state index contributed by atoms with van der Waals surface area (Å²) in [6, 6.07) is 20.9. The molecule has 0 radical (unpaired) electrons. The number of para-hydroxylation sites is 2. The zero-order chi connectivity index (χ0) is 22.9. The number of hydrogen-bond donors (Lipinski definition) is 3. The number of amides is 3. The van der Waals surface area contributed by atoms with E-state index in [4.69, 9.17) is 4.74 Å². The van der Waals surface area contributed by atoms with Crippen LogP contribution in [0.25, 0.3) is 0 Å². The Hall–Kier alpha value is -4.13. The Morgan fingerprint density at radius 2 is 1.44 bits per heavy atom. The number of aryl methyl sites for hydroxylation is 1. The highest BCUT2D eigenvalue weighted by Crippen LogP contribution is 2.18. The Labute approximate surface area is 186 Å². The van der Waals surface area contributed by atoms with Crippen molar-refractivity contribution in [3.8, 4) is 5.75 Å². The molecule has 3 aromatic carbocycles. The predicted octanol–water partition coefficient (Wildman–Crippen LogP) is 4.01. The molecule has 0 aliphatic rings. The van der Waals surface area contributed by atoms with Crippen LogP contribution < -0.4 is 20.7 Å². The molecular formula is C25H25N3O4. The van der Waals surface area contributed by atoms with Gasteiger partial charge in [0.25, 0.3) is 11.8 Å². The predicted molar refractivity (Wildman–Crippen MR) is 124 cm³/mol. The molecule has 3 aromatic rings. The van der Waals surface area contributed by atoms with Crippen molar-refractivity contribution >= 4 is 29.1 Å². The molecule has 0 unspecified atom stereocenters. The Morgan fingerprint density at radius 1 is 0.781 bits per heavy atom. The largest absolute Gasteiger partial charge is 0.497 e. The molecule has 0 aliphatic heterocycles. The van der Waals surface area contributed by atoms with Gasteiger partial charge in [-0.15, -0.1) is 0 Å². The Bertz CT molecular complexity index is 1110. The Morgan fingerprint density at radius 3 is 2.12 bits per heavy atom. The Kier molecular flexibility index (Phi) is 7.59. The zero-order valence-electron chi connectivity index (χ0n) is 18.0. The highest BCUT2D eigenvalue weighted by molar-refractivity contribution is 6.09. The smallest absolute Gasteiger partial charge is 0.255 e. The van der Waals surface area contributed by atoms with Crippen LogP contribution in [0.3, 0.4) is 0 Å². The van der Waals surface area contributed by atoms with Crippen molar-refractivity contribution < 1.29 is 19.1 Å². The van der Waals surface area contributed by atoms with Crippen molar-refractivity contribution in [2.24, 2.45) is 0 Å². The lowest BCUT2D eigenvalue weighted by atomic mass is 10.1. The third-order valence-corrected chi connectivity index (χ3v) is 4.83. The van der Waals surface area contributed by atoms with Crippen LogP contribution in [0.15, 0.2) is 72.8 Å². The van der Waals surface area contributed by atoms with Crippen LogP contribution in [-0.2, 0) is 4.79 Å². The van der Waals surface area contributed by atoms with Gasteiger partial charge in [0.2, 0.25) is 5.91 Å². The van der Waals surface area contributed by atoms with Crippen molar-refractivity contribution in [3.05, 3.63) is 89.5 Å². The summed E-state index contributed by atoms with van der Waals surface area (Å²) in [5, 5.41) is 8.33. The van der Waals surface area contributed by atoms with Crippen molar-refractivity contribution in [1.82, 2.24) is 5.32 Å². The van der Waals surface area contributed by atoms with Gasteiger partial charge in [-0.3, -0.25) is 14.4 Å². The molecular weight excluding hydrogens is 406 g/mol. The number of ether oxygens (including phenoxy) is 1. The molecule has 0 aromatic heterocycles. The number of anilines is 2. The summed E-state index contributed by atoms with van der Waals surface area (Å²) in [5.41, 5.74) is 2.85. The fourth-order valence-corrected chi connectivity index (χ4v) is 3.04.